The highest BCUT2D eigenvalue weighted by Crippen LogP contribution is 2.32. The van der Waals surface area contributed by atoms with Crippen molar-refractivity contribution in [3.8, 4) is 11.5 Å². The molecule has 8 nitrogen and oxygen atoms in total. The van der Waals surface area contributed by atoms with Gasteiger partial charge in [-0.05, 0) is 52.0 Å². The van der Waals surface area contributed by atoms with E-state index in [2.05, 4.69) is 19.7 Å². The minimum Gasteiger partial charge on any atom is -0.486 e. The Morgan fingerprint density at radius 1 is 1.09 bits per heavy atom. The van der Waals surface area contributed by atoms with Crippen LogP contribution in [0.15, 0.2) is 41.6 Å². The van der Waals surface area contributed by atoms with Crippen LogP contribution in [0.4, 0.5) is 0 Å². The summed E-state index contributed by atoms with van der Waals surface area (Å²) in [4.78, 5) is 17.5. The molecule has 33 heavy (non-hydrogen) atoms. The summed E-state index contributed by atoms with van der Waals surface area (Å²) in [5, 5.41) is 9.05. The molecule has 0 unspecified atom stereocenters. The smallest absolute Gasteiger partial charge is 0.256 e. The van der Waals surface area contributed by atoms with Crippen molar-refractivity contribution in [1.82, 2.24) is 24.1 Å². The van der Waals surface area contributed by atoms with Gasteiger partial charge in [0.05, 0.1) is 12.3 Å². The molecule has 1 atom stereocenters. The third-order valence-corrected chi connectivity index (χ3v) is 6.75. The number of carbonyl (C=O) groups is 1. The summed E-state index contributed by atoms with van der Waals surface area (Å²) in [6.07, 6.45) is -0.122. The zero-order chi connectivity index (χ0) is 23.1. The largest absolute Gasteiger partial charge is 0.486 e. The minimum absolute atomic E-state index is 0.0555. The summed E-state index contributed by atoms with van der Waals surface area (Å²) in [5.74, 6) is 2.40. The van der Waals surface area contributed by atoms with E-state index in [1.54, 1.807) is 0 Å². The SMILES string of the molecule is Cc1cc(C)n2c(SCC(=O)c3cc(C)n(C[C@@H]4COc5ccccc5O4)c3C)nnc2n1. The Bertz CT molecular complexity index is 1360. The zero-order valence-corrected chi connectivity index (χ0v) is 19.8. The molecule has 9 heteroatoms. The predicted molar refractivity (Wildman–Crippen MR) is 126 cm³/mol. The predicted octanol–water partition coefficient (Wildman–Crippen LogP) is 3.97. The highest BCUT2D eigenvalue weighted by molar-refractivity contribution is 7.99. The molecule has 1 aromatic carbocycles. The molecule has 1 aliphatic heterocycles. The van der Waals surface area contributed by atoms with Gasteiger partial charge in [-0.2, -0.15) is 0 Å². The van der Waals surface area contributed by atoms with Crippen LogP contribution in [-0.2, 0) is 6.54 Å². The highest BCUT2D eigenvalue weighted by Gasteiger charge is 2.24. The molecule has 170 valence electrons. The van der Waals surface area contributed by atoms with E-state index < -0.39 is 0 Å². The van der Waals surface area contributed by atoms with Crippen molar-refractivity contribution in [2.24, 2.45) is 0 Å². The number of aryl methyl sites for hydroxylation is 3. The molecule has 5 rings (SSSR count). The molecule has 0 bridgehead atoms. The second-order valence-corrected chi connectivity index (χ2v) is 9.20. The second-order valence-electron chi connectivity index (χ2n) is 8.26. The van der Waals surface area contributed by atoms with E-state index in [1.165, 1.54) is 11.8 Å². The number of carbonyl (C=O) groups excluding carboxylic acids is 1. The number of ether oxygens (including phenoxy) is 2. The highest BCUT2D eigenvalue weighted by atomic mass is 32.2. The van der Waals surface area contributed by atoms with Gasteiger partial charge >= 0.3 is 0 Å². The van der Waals surface area contributed by atoms with Gasteiger partial charge in [-0.1, -0.05) is 23.9 Å². The number of benzene rings is 1. The Balaban J connectivity index is 1.30. The van der Waals surface area contributed by atoms with Gasteiger partial charge in [-0.15, -0.1) is 10.2 Å². The first-order valence-electron chi connectivity index (χ1n) is 10.8. The van der Waals surface area contributed by atoms with Crippen LogP contribution in [0.5, 0.6) is 11.5 Å². The van der Waals surface area contributed by atoms with Crippen molar-refractivity contribution >= 4 is 23.3 Å². The van der Waals surface area contributed by atoms with E-state index >= 15 is 0 Å². The molecule has 0 saturated carbocycles. The average Bonchev–Trinajstić information content (AvgIpc) is 3.33. The summed E-state index contributed by atoms with van der Waals surface area (Å²) < 4.78 is 16.0. The lowest BCUT2D eigenvalue weighted by atomic mass is 10.2. The number of hydrogen-bond donors (Lipinski definition) is 0. The van der Waals surface area contributed by atoms with Crippen molar-refractivity contribution < 1.29 is 14.3 Å². The first kappa shape index (κ1) is 21.5. The van der Waals surface area contributed by atoms with E-state index in [0.29, 0.717) is 24.1 Å². The molecule has 0 fully saturated rings. The number of nitrogens with zero attached hydrogens (tertiary/aromatic N) is 5. The lowest BCUT2D eigenvalue weighted by molar-refractivity contribution is 0.0777. The summed E-state index contributed by atoms with van der Waals surface area (Å²) in [7, 11) is 0. The molecular formula is C24H25N5O3S. The van der Waals surface area contributed by atoms with E-state index in [9.17, 15) is 4.79 Å². The minimum atomic E-state index is -0.122. The molecule has 0 saturated heterocycles. The van der Waals surface area contributed by atoms with Crippen molar-refractivity contribution in [1.29, 1.82) is 0 Å². The average molecular weight is 464 g/mol. The first-order valence-corrected chi connectivity index (χ1v) is 11.8. The van der Waals surface area contributed by atoms with Gasteiger partial charge < -0.3 is 14.0 Å². The van der Waals surface area contributed by atoms with Crippen LogP contribution in [0.3, 0.4) is 0 Å². The Morgan fingerprint density at radius 2 is 1.88 bits per heavy atom. The number of para-hydroxylation sites is 2. The van der Waals surface area contributed by atoms with Crippen molar-refractivity contribution in [3.05, 3.63) is 64.7 Å². The van der Waals surface area contributed by atoms with Crippen LogP contribution in [0.2, 0.25) is 0 Å². The monoisotopic (exact) mass is 463 g/mol. The van der Waals surface area contributed by atoms with Crippen molar-refractivity contribution in [3.63, 3.8) is 0 Å². The van der Waals surface area contributed by atoms with E-state index in [1.807, 2.05) is 68.5 Å². The Kier molecular flexibility index (Phi) is 5.57. The van der Waals surface area contributed by atoms with Crippen LogP contribution in [-0.4, -0.2) is 48.4 Å². The van der Waals surface area contributed by atoms with Gasteiger partial charge in [0.15, 0.2) is 28.5 Å². The maximum absolute atomic E-state index is 13.1. The summed E-state index contributed by atoms with van der Waals surface area (Å²) >= 11 is 1.38. The molecule has 0 radical (unpaired) electrons. The number of aromatic nitrogens is 5. The molecular weight excluding hydrogens is 438 g/mol. The molecule has 0 aliphatic carbocycles. The standard InChI is InChI=1S/C24H25N5O3S/c1-14-9-16(3)29-23(25-14)26-27-24(29)33-13-20(30)19-10-15(2)28(17(19)4)11-18-12-31-21-7-5-6-8-22(21)32-18/h5-10,18H,11-13H2,1-4H3/t18-/m1/s1. The van der Waals surface area contributed by atoms with Gasteiger partial charge in [-0.25, -0.2) is 4.98 Å². The quantitative estimate of drug-likeness (QED) is 0.316. The molecule has 1 aliphatic rings. The van der Waals surface area contributed by atoms with Crippen molar-refractivity contribution in [2.75, 3.05) is 12.4 Å². The van der Waals surface area contributed by atoms with E-state index in [0.717, 1.165) is 39.8 Å². The number of ketones is 1. The van der Waals surface area contributed by atoms with Crippen LogP contribution in [0.1, 0.15) is 33.1 Å². The number of fused-ring (bicyclic) bond motifs is 2. The van der Waals surface area contributed by atoms with Crippen LogP contribution in [0, 0.1) is 27.7 Å². The molecule has 0 N–H and O–H groups in total. The third-order valence-electron chi connectivity index (χ3n) is 5.82. The molecule has 0 spiro atoms. The van der Waals surface area contributed by atoms with Crippen LogP contribution < -0.4 is 9.47 Å². The zero-order valence-electron chi connectivity index (χ0n) is 19.0. The van der Waals surface area contributed by atoms with Crippen LogP contribution >= 0.6 is 11.8 Å². The van der Waals surface area contributed by atoms with Gasteiger partial charge in [0.2, 0.25) is 0 Å². The van der Waals surface area contributed by atoms with Gasteiger partial charge in [0, 0.05) is 28.3 Å². The maximum Gasteiger partial charge on any atom is 0.256 e. The normalized spacial score (nSPS) is 15.2. The van der Waals surface area contributed by atoms with Gasteiger partial charge in [0.1, 0.15) is 6.61 Å². The number of hydrogen-bond acceptors (Lipinski definition) is 7. The lowest BCUT2D eigenvalue weighted by Crippen LogP contribution is -2.33. The van der Waals surface area contributed by atoms with Crippen LogP contribution in [0.25, 0.3) is 5.78 Å². The van der Waals surface area contributed by atoms with E-state index in [4.69, 9.17) is 9.47 Å². The molecule has 0 amide bonds. The Hall–Kier alpha value is -3.33. The number of rotatable bonds is 6. The molecule has 4 aromatic rings. The fourth-order valence-electron chi connectivity index (χ4n) is 4.22. The topological polar surface area (TPSA) is 83.5 Å². The summed E-state index contributed by atoms with van der Waals surface area (Å²) in [6.45, 7) is 8.99. The van der Waals surface area contributed by atoms with Crippen molar-refractivity contribution in [2.45, 2.75) is 45.5 Å². The first-order chi connectivity index (χ1) is 15.9. The number of Topliss-reactive ketones (excluding diaryl/α,β-unsaturated/α-hetero) is 1. The second kappa shape index (κ2) is 8.55. The number of thioether (sulfide) groups is 1. The summed E-state index contributed by atoms with van der Waals surface area (Å²) in [6, 6.07) is 11.6. The lowest BCUT2D eigenvalue weighted by Gasteiger charge is -2.27. The fraction of sp³-hybridized carbons (Fsp3) is 0.333. The van der Waals surface area contributed by atoms with Gasteiger partial charge in [0.25, 0.3) is 5.78 Å². The van der Waals surface area contributed by atoms with E-state index in [-0.39, 0.29) is 17.6 Å². The fourth-order valence-corrected chi connectivity index (χ4v) is 5.09. The molecule has 3 aromatic heterocycles. The molecule has 4 heterocycles. The Labute approximate surface area is 196 Å². The maximum atomic E-state index is 13.1. The summed E-state index contributed by atoms with van der Waals surface area (Å²) in [5.41, 5.74) is 4.55. The van der Waals surface area contributed by atoms with Gasteiger partial charge in [-0.3, -0.25) is 9.20 Å². The third kappa shape index (κ3) is 4.08. The Morgan fingerprint density at radius 3 is 2.70 bits per heavy atom.